The second-order valence-corrected chi connectivity index (χ2v) is 4.40. The van der Waals surface area contributed by atoms with Crippen molar-refractivity contribution in [3.05, 3.63) is 28.8 Å². The molecule has 1 saturated heterocycles. The molecule has 1 aliphatic heterocycles. The molecule has 1 aromatic carbocycles. The molecule has 0 bridgehead atoms. The number of benzene rings is 1. The van der Waals surface area contributed by atoms with Crippen LogP contribution in [0, 0.1) is 0 Å². The summed E-state index contributed by atoms with van der Waals surface area (Å²) in [5, 5.41) is 9.88. The highest BCUT2D eigenvalue weighted by Gasteiger charge is 2.13. The van der Waals surface area contributed by atoms with Crippen LogP contribution in [0.3, 0.4) is 0 Å². The number of aliphatic hydroxyl groups is 1. The molecule has 1 heterocycles. The molecule has 0 spiro atoms. The molecule has 2 nitrogen and oxygen atoms in total. The van der Waals surface area contributed by atoms with Crippen LogP contribution in [-0.2, 0) is 6.61 Å². The SMILES string of the molecule is OCc1ccc(Cl)c(N2CCCCC2)c1. The van der Waals surface area contributed by atoms with E-state index in [0.29, 0.717) is 0 Å². The van der Waals surface area contributed by atoms with E-state index in [1.807, 2.05) is 18.2 Å². The van der Waals surface area contributed by atoms with Gasteiger partial charge in [0, 0.05) is 13.1 Å². The van der Waals surface area contributed by atoms with E-state index in [0.717, 1.165) is 29.4 Å². The summed E-state index contributed by atoms with van der Waals surface area (Å²) in [6.45, 7) is 2.24. The molecular weight excluding hydrogens is 210 g/mol. The molecule has 2 rings (SSSR count). The number of aliphatic hydroxyl groups excluding tert-OH is 1. The Morgan fingerprint density at radius 1 is 1.20 bits per heavy atom. The highest BCUT2D eigenvalue weighted by atomic mass is 35.5. The lowest BCUT2D eigenvalue weighted by atomic mass is 10.1. The first-order chi connectivity index (χ1) is 7.31. The Hall–Kier alpha value is -0.730. The van der Waals surface area contributed by atoms with Gasteiger partial charge < -0.3 is 10.0 Å². The van der Waals surface area contributed by atoms with Gasteiger partial charge in [-0.25, -0.2) is 0 Å². The summed E-state index contributed by atoms with van der Waals surface area (Å²) in [5.41, 5.74) is 2.00. The van der Waals surface area contributed by atoms with E-state index >= 15 is 0 Å². The van der Waals surface area contributed by atoms with E-state index in [2.05, 4.69) is 4.90 Å². The van der Waals surface area contributed by atoms with Crippen molar-refractivity contribution in [2.75, 3.05) is 18.0 Å². The van der Waals surface area contributed by atoms with Gasteiger partial charge >= 0.3 is 0 Å². The maximum absolute atomic E-state index is 9.09. The quantitative estimate of drug-likeness (QED) is 0.837. The summed E-state index contributed by atoms with van der Waals surface area (Å²) in [4.78, 5) is 2.31. The van der Waals surface area contributed by atoms with Crippen molar-refractivity contribution in [1.82, 2.24) is 0 Å². The van der Waals surface area contributed by atoms with E-state index in [1.54, 1.807) is 0 Å². The van der Waals surface area contributed by atoms with Gasteiger partial charge in [0.25, 0.3) is 0 Å². The molecule has 1 N–H and O–H groups in total. The average molecular weight is 226 g/mol. The Kier molecular flexibility index (Phi) is 3.49. The van der Waals surface area contributed by atoms with Crippen LogP contribution >= 0.6 is 11.6 Å². The van der Waals surface area contributed by atoms with Gasteiger partial charge in [-0.3, -0.25) is 0 Å². The maximum atomic E-state index is 9.09. The van der Waals surface area contributed by atoms with E-state index in [1.165, 1.54) is 19.3 Å². The largest absolute Gasteiger partial charge is 0.392 e. The Balaban J connectivity index is 2.24. The van der Waals surface area contributed by atoms with Crippen LogP contribution < -0.4 is 4.90 Å². The van der Waals surface area contributed by atoms with Crippen LogP contribution in [0.5, 0.6) is 0 Å². The highest BCUT2D eigenvalue weighted by Crippen LogP contribution is 2.29. The first kappa shape index (κ1) is 10.8. The summed E-state index contributed by atoms with van der Waals surface area (Å²) in [5.74, 6) is 0. The fraction of sp³-hybridized carbons (Fsp3) is 0.500. The maximum Gasteiger partial charge on any atom is 0.0682 e. The standard InChI is InChI=1S/C12H16ClNO/c13-11-5-4-10(9-15)8-12(11)14-6-2-1-3-7-14/h4-5,8,15H,1-3,6-7,9H2. The first-order valence-electron chi connectivity index (χ1n) is 5.45. The van der Waals surface area contributed by atoms with Crippen molar-refractivity contribution in [3.63, 3.8) is 0 Å². The predicted molar refractivity (Wildman–Crippen MR) is 63.4 cm³/mol. The number of piperidine rings is 1. The summed E-state index contributed by atoms with van der Waals surface area (Å²) in [7, 11) is 0. The molecule has 0 saturated carbocycles. The molecule has 82 valence electrons. The van der Waals surface area contributed by atoms with E-state index in [-0.39, 0.29) is 6.61 Å². The molecule has 1 fully saturated rings. The Labute approximate surface area is 95.5 Å². The summed E-state index contributed by atoms with van der Waals surface area (Å²) in [6, 6.07) is 5.74. The Morgan fingerprint density at radius 2 is 1.93 bits per heavy atom. The van der Waals surface area contributed by atoms with Crippen LogP contribution in [0.4, 0.5) is 5.69 Å². The molecule has 0 amide bonds. The molecular formula is C12H16ClNO. The molecule has 15 heavy (non-hydrogen) atoms. The molecule has 0 aromatic heterocycles. The summed E-state index contributed by atoms with van der Waals surface area (Å²) < 4.78 is 0. The third kappa shape index (κ3) is 2.44. The van der Waals surface area contributed by atoms with E-state index in [9.17, 15) is 0 Å². The van der Waals surface area contributed by atoms with Gasteiger partial charge in [-0.15, -0.1) is 0 Å². The fourth-order valence-corrected chi connectivity index (χ4v) is 2.27. The van der Waals surface area contributed by atoms with Gasteiger partial charge in [0.15, 0.2) is 0 Å². The zero-order valence-electron chi connectivity index (χ0n) is 8.75. The van der Waals surface area contributed by atoms with Crippen molar-refractivity contribution in [3.8, 4) is 0 Å². The van der Waals surface area contributed by atoms with Crippen molar-refractivity contribution in [2.45, 2.75) is 25.9 Å². The minimum atomic E-state index is 0.0814. The zero-order valence-corrected chi connectivity index (χ0v) is 9.50. The van der Waals surface area contributed by atoms with Gasteiger partial charge in [-0.05, 0) is 37.0 Å². The number of hydrogen-bond donors (Lipinski definition) is 1. The summed E-state index contributed by atoms with van der Waals surface area (Å²) >= 11 is 6.16. The number of rotatable bonds is 2. The molecule has 0 radical (unpaired) electrons. The second-order valence-electron chi connectivity index (χ2n) is 3.99. The van der Waals surface area contributed by atoms with Crippen LogP contribution in [0.25, 0.3) is 0 Å². The molecule has 1 aliphatic rings. The van der Waals surface area contributed by atoms with Crippen molar-refractivity contribution < 1.29 is 5.11 Å². The zero-order chi connectivity index (χ0) is 10.7. The smallest absolute Gasteiger partial charge is 0.0682 e. The van der Waals surface area contributed by atoms with Gasteiger partial charge in [-0.2, -0.15) is 0 Å². The lowest BCUT2D eigenvalue weighted by molar-refractivity contribution is 0.282. The number of halogens is 1. The Morgan fingerprint density at radius 3 is 2.60 bits per heavy atom. The third-order valence-corrected chi connectivity index (χ3v) is 3.21. The van der Waals surface area contributed by atoms with Gasteiger partial charge in [0.1, 0.15) is 0 Å². The topological polar surface area (TPSA) is 23.5 Å². The number of hydrogen-bond acceptors (Lipinski definition) is 2. The van der Waals surface area contributed by atoms with Crippen LogP contribution in [0.15, 0.2) is 18.2 Å². The van der Waals surface area contributed by atoms with Crippen LogP contribution in [-0.4, -0.2) is 18.2 Å². The highest BCUT2D eigenvalue weighted by molar-refractivity contribution is 6.33. The first-order valence-corrected chi connectivity index (χ1v) is 5.83. The number of anilines is 1. The van der Waals surface area contributed by atoms with E-state index < -0.39 is 0 Å². The molecule has 0 atom stereocenters. The van der Waals surface area contributed by atoms with Crippen molar-refractivity contribution >= 4 is 17.3 Å². The lowest BCUT2D eigenvalue weighted by Crippen LogP contribution is -2.29. The molecule has 3 heteroatoms. The summed E-state index contributed by atoms with van der Waals surface area (Å²) in [6.07, 6.45) is 3.78. The molecule has 1 aromatic rings. The molecule has 0 aliphatic carbocycles. The molecule has 0 unspecified atom stereocenters. The minimum Gasteiger partial charge on any atom is -0.392 e. The predicted octanol–water partition coefficient (Wildman–Crippen LogP) is 2.82. The van der Waals surface area contributed by atoms with Gasteiger partial charge in [-0.1, -0.05) is 17.7 Å². The van der Waals surface area contributed by atoms with Gasteiger partial charge in [0.2, 0.25) is 0 Å². The van der Waals surface area contributed by atoms with Crippen LogP contribution in [0.2, 0.25) is 5.02 Å². The van der Waals surface area contributed by atoms with E-state index in [4.69, 9.17) is 16.7 Å². The minimum absolute atomic E-state index is 0.0814. The normalized spacial score (nSPS) is 16.8. The van der Waals surface area contributed by atoms with Crippen LogP contribution in [0.1, 0.15) is 24.8 Å². The third-order valence-electron chi connectivity index (χ3n) is 2.89. The number of nitrogens with zero attached hydrogens (tertiary/aromatic N) is 1. The van der Waals surface area contributed by atoms with Crippen molar-refractivity contribution in [2.24, 2.45) is 0 Å². The second kappa shape index (κ2) is 4.86. The fourth-order valence-electron chi connectivity index (χ4n) is 2.03. The lowest BCUT2D eigenvalue weighted by Gasteiger charge is -2.29. The monoisotopic (exact) mass is 225 g/mol. The van der Waals surface area contributed by atoms with Gasteiger partial charge in [0.05, 0.1) is 17.3 Å². The average Bonchev–Trinajstić information content (AvgIpc) is 2.31. The Bertz CT molecular complexity index is 334. The van der Waals surface area contributed by atoms with Crippen molar-refractivity contribution in [1.29, 1.82) is 0 Å².